The quantitative estimate of drug-likeness (QED) is 0.815. The molecule has 2 aromatic rings. The Balaban J connectivity index is 1.99. The molecule has 3 rings (SSSR count). The third kappa shape index (κ3) is 1.91. The Hall–Kier alpha value is -2.14. The normalized spacial score (nSPS) is 14.0. The van der Waals surface area contributed by atoms with Crippen LogP contribution in [0.3, 0.4) is 0 Å². The molecule has 5 nitrogen and oxygen atoms in total. The van der Waals surface area contributed by atoms with Gasteiger partial charge >= 0.3 is 0 Å². The van der Waals surface area contributed by atoms with Gasteiger partial charge in [0.1, 0.15) is 0 Å². The van der Waals surface area contributed by atoms with E-state index < -0.39 is 11.7 Å². The third-order valence-electron chi connectivity index (χ3n) is 3.39. The van der Waals surface area contributed by atoms with Crippen molar-refractivity contribution >= 4 is 29.0 Å². The van der Waals surface area contributed by atoms with Crippen molar-refractivity contribution in [2.75, 3.05) is 4.90 Å². The number of hydrogen-bond acceptors (Lipinski definition) is 3. The number of carbonyl (C=O) groups is 2. The fraction of sp³-hybridized carbons (Fsp3) is 0.214. The van der Waals surface area contributed by atoms with Crippen molar-refractivity contribution in [1.29, 1.82) is 0 Å². The summed E-state index contributed by atoms with van der Waals surface area (Å²) >= 11 is 5.88. The fourth-order valence-corrected chi connectivity index (χ4v) is 2.53. The van der Waals surface area contributed by atoms with Gasteiger partial charge in [-0.05, 0) is 25.1 Å². The number of hydrogen-bond donors (Lipinski definition) is 0. The smallest absolute Gasteiger partial charge is 0.299 e. The lowest BCUT2D eigenvalue weighted by Gasteiger charge is -2.17. The van der Waals surface area contributed by atoms with E-state index >= 15 is 0 Å². The second-order valence-electron chi connectivity index (χ2n) is 4.55. The van der Waals surface area contributed by atoms with Gasteiger partial charge in [0, 0.05) is 17.8 Å². The largest absolute Gasteiger partial charge is 0.333 e. The number of Topliss-reactive ketones (excluding diaryl/α,β-unsaturated/α-hetero) is 1. The molecule has 0 saturated carbocycles. The molecule has 1 aromatic carbocycles. The molecular formula is C14H12ClN3O2. The van der Waals surface area contributed by atoms with Gasteiger partial charge in [0.2, 0.25) is 0 Å². The maximum Gasteiger partial charge on any atom is 0.299 e. The predicted octanol–water partition coefficient (Wildman–Crippen LogP) is 2.29. The fourth-order valence-electron chi connectivity index (χ4n) is 2.36. The molecule has 0 aliphatic carbocycles. The van der Waals surface area contributed by atoms with Crippen LogP contribution in [0.15, 0.2) is 30.7 Å². The van der Waals surface area contributed by atoms with Gasteiger partial charge in [-0.2, -0.15) is 0 Å². The second-order valence-corrected chi connectivity index (χ2v) is 4.99. The number of amides is 1. The minimum Gasteiger partial charge on any atom is -0.333 e. The third-order valence-corrected chi connectivity index (χ3v) is 3.63. The Bertz CT molecular complexity index is 708. The standard InChI is InChI=1S/C14H12ClN3O2/c1-2-17-8-16-6-10(17)7-18-12-4-3-9(15)5-11(12)13(19)14(18)20/h3-6,8H,2,7H2,1H3. The number of anilines is 1. The monoisotopic (exact) mass is 289 g/mol. The number of aryl methyl sites for hydroxylation is 1. The lowest BCUT2D eigenvalue weighted by atomic mass is 10.1. The topological polar surface area (TPSA) is 55.2 Å². The van der Waals surface area contributed by atoms with Gasteiger partial charge in [0.25, 0.3) is 11.7 Å². The molecule has 0 saturated heterocycles. The average Bonchev–Trinajstić information content (AvgIpc) is 2.98. The molecule has 20 heavy (non-hydrogen) atoms. The molecule has 1 aliphatic heterocycles. The first-order chi connectivity index (χ1) is 9.61. The zero-order chi connectivity index (χ0) is 14.3. The molecule has 0 bridgehead atoms. The lowest BCUT2D eigenvalue weighted by molar-refractivity contribution is -0.114. The van der Waals surface area contributed by atoms with Gasteiger partial charge in [-0.15, -0.1) is 0 Å². The Kier molecular flexibility index (Phi) is 3.06. The van der Waals surface area contributed by atoms with E-state index in [9.17, 15) is 9.59 Å². The molecule has 0 spiro atoms. The number of fused-ring (bicyclic) bond motifs is 1. The van der Waals surface area contributed by atoms with Gasteiger partial charge in [0.15, 0.2) is 0 Å². The van der Waals surface area contributed by atoms with Gasteiger partial charge in [-0.1, -0.05) is 11.6 Å². The summed E-state index contributed by atoms with van der Waals surface area (Å²) in [5.74, 6) is -1.03. The summed E-state index contributed by atoms with van der Waals surface area (Å²) in [6, 6.07) is 4.91. The number of halogens is 1. The molecule has 0 atom stereocenters. The van der Waals surface area contributed by atoms with Crippen molar-refractivity contribution in [1.82, 2.24) is 9.55 Å². The highest BCUT2D eigenvalue weighted by molar-refractivity contribution is 6.52. The van der Waals surface area contributed by atoms with Crippen LogP contribution in [0.4, 0.5) is 5.69 Å². The number of aromatic nitrogens is 2. The Labute approximate surface area is 120 Å². The van der Waals surface area contributed by atoms with E-state index in [-0.39, 0.29) is 0 Å². The highest BCUT2D eigenvalue weighted by Gasteiger charge is 2.36. The number of rotatable bonds is 3. The first-order valence-electron chi connectivity index (χ1n) is 6.26. The summed E-state index contributed by atoms with van der Waals surface area (Å²) in [5, 5.41) is 0.449. The highest BCUT2D eigenvalue weighted by Crippen LogP contribution is 2.32. The molecule has 102 valence electrons. The van der Waals surface area contributed by atoms with Crippen LogP contribution in [0, 0.1) is 0 Å². The van der Waals surface area contributed by atoms with Crippen LogP contribution in [0.2, 0.25) is 5.02 Å². The van der Waals surface area contributed by atoms with Crippen LogP contribution in [-0.2, 0) is 17.9 Å². The Morgan fingerprint density at radius 2 is 2.10 bits per heavy atom. The summed E-state index contributed by atoms with van der Waals surface area (Å²) < 4.78 is 1.94. The van der Waals surface area contributed by atoms with Crippen LogP contribution < -0.4 is 4.90 Å². The molecule has 1 aromatic heterocycles. The first-order valence-corrected chi connectivity index (χ1v) is 6.64. The van der Waals surface area contributed by atoms with E-state index in [1.807, 2.05) is 11.5 Å². The molecule has 0 radical (unpaired) electrons. The molecular weight excluding hydrogens is 278 g/mol. The van der Waals surface area contributed by atoms with Crippen molar-refractivity contribution in [3.05, 3.63) is 47.0 Å². The maximum atomic E-state index is 12.1. The summed E-state index contributed by atoms with van der Waals surface area (Å²) in [6.45, 7) is 3.09. The van der Waals surface area contributed by atoms with E-state index in [2.05, 4.69) is 4.98 Å². The van der Waals surface area contributed by atoms with Crippen molar-refractivity contribution in [2.45, 2.75) is 20.0 Å². The lowest BCUT2D eigenvalue weighted by Crippen LogP contribution is -2.30. The van der Waals surface area contributed by atoms with E-state index in [0.717, 1.165) is 12.2 Å². The molecule has 6 heteroatoms. The number of imidazole rings is 1. The van der Waals surface area contributed by atoms with Gasteiger partial charge in [-0.3, -0.25) is 14.5 Å². The Morgan fingerprint density at radius 3 is 2.85 bits per heavy atom. The van der Waals surface area contributed by atoms with Crippen LogP contribution in [-0.4, -0.2) is 21.2 Å². The minimum atomic E-state index is -0.522. The SMILES string of the molecule is CCn1cncc1CN1C(=O)C(=O)c2cc(Cl)ccc21. The number of carbonyl (C=O) groups excluding carboxylic acids is 2. The van der Waals surface area contributed by atoms with E-state index in [0.29, 0.717) is 22.8 Å². The number of nitrogens with zero attached hydrogens (tertiary/aromatic N) is 3. The predicted molar refractivity (Wildman–Crippen MR) is 74.9 cm³/mol. The molecule has 0 N–H and O–H groups in total. The van der Waals surface area contributed by atoms with Crippen molar-refractivity contribution in [2.24, 2.45) is 0 Å². The molecule has 0 unspecified atom stereocenters. The van der Waals surface area contributed by atoms with E-state index in [4.69, 9.17) is 11.6 Å². The van der Waals surface area contributed by atoms with E-state index in [1.165, 1.54) is 11.0 Å². The second kappa shape index (κ2) is 4.76. The summed E-state index contributed by atoms with van der Waals surface area (Å²) in [4.78, 5) is 29.6. The van der Waals surface area contributed by atoms with Gasteiger partial charge < -0.3 is 4.57 Å². The van der Waals surface area contributed by atoms with Crippen molar-refractivity contribution in [3.8, 4) is 0 Å². The maximum absolute atomic E-state index is 12.1. The van der Waals surface area contributed by atoms with E-state index in [1.54, 1.807) is 24.7 Å². The number of benzene rings is 1. The number of ketones is 1. The molecule has 1 aliphatic rings. The average molecular weight is 290 g/mol. The molecule has 2 heterocycles. The molecule has 0 fully saturated rings. The summed E-state index contributed by atoms with van der Waals surface area (Å²) in [5.41, 5.74) is 1.86. The van der Waals surface area contributed by atoms with Crippen LogP contribution in [0.25, 0.3) is 0 Å². The summed E-state index contributed by atoms with van der Waals surface area (Å²) in [7, 11) is 0. The zero-order valence-electron chi connectivity index (χ0n) is 10.8. The zero-order valence-corrected chi connectivity index (χ0v) is 11.6. The Morgan fingerprint density at radius 1 is 1.30 bits per heavy atom. The highest BCUT2D eigenvalue weighted by atomic mass is 35.5. The van der Waals surface area contributed by atoms with Crippen LogP contribution in [0.1, 0.15) is 23.0 Å². The van der Waals surface area contributed by atoms with Crippen LogP contribution >= 0.6 is 11.6 Å². The van der Waals surface area contributed by atoms with Gasteiger partial charge in [-0.25, -0.2) is 4.98 Å². The minimum absolute atomic E-state index is 0.326. The molecule has 1 amide bonds. The van der Waals surface area contributed by atoms with Gasteiger partial charge in [0.05, 0.1) is 29.8 Å². The van der Waals surface area contributed by atoms with Crippen molar-refractivity contribution < 1.29 is 9.59 Å². The van der Waals surface area contributed by atoms with Crippen LogP contribution in [0.5, 0.6) is 0 Å². The first kappa shape index (κ1) is 12.9. The van der Waals surface area contributed by atoms with Crippen molar-refractivity contribution in [3.63, 3.8) is 0 Å². The summed E-state index contributed by atoms with van der Waals surface area (Å²) in [6.07, 6.45) is 3.41.